The average molecular weight is 244 g/mol. The molecule has 0 aromatic carbocycles. The van der Waals surface area contributed by atoms with E-state index in [-0.39, 0.29) is 19.1 Å². The molecule has 0 aromatic rings. The van der Waals surface area contributed by atoms with Crippen LogP contribution in [0.4, 0.5) is 0 Å². The van der Waals surface area contributed by atoms with Gasteiger partial charge in [-0.25, -0.2) is 0 Å². The van der Waals surface area contributed by atoms with Gasteiger partial charge in [0, 0.05) is 7.11 Å². The molecule has 17 heavy (non-hydrogen) atoms. The third-order valence-electron chi connectivity index (χ3n) is 3.61. The second-order valence-electron chi connectivity index (χ2n) is 5.17. The number of hydrogen-bond acceptors (Lipinski definition) is 4. The summed E-state index contributed by atoms with van der Waals surface area (Å²) in [5, 5.41) is 12.4. The van der Waals surface area contributed by atoms with Gasteiger partial charge in [-0.3, -0.25) is 4.79 Å². The van der Waals surface area contributed by atoms with Gasteiger partial charge in [-0.2, -0.15) is 0 Å². The van der Waals surface area contributed by atoms with Crippen molar-refractivity contribution in [3.05, 3.63) is 0 Å². The topological polar surface area (TPSA) is 84.6 Å². The number of amides is 1. The van der Waals surface area contributed by atoms with E-state index in [0.717, 1.165) is 25.7 Å². The van der Waals surface area contributed by atoms with Gasteiger partial charge in [-0.15, -0.1) is 0 Å². The molecule has 100 valence electrons. The predicted molar refractivity (Wildman–Crippen MR) is 65.4 cm³/mol. The molecular weight excluding hydrogens is 220 g/mol. The van der Waals surface area contributed by atoms with Crippen molar-refractivity contribution in [3.63, 3.8) is 0 Å². The van der Waals surface area contributed by atoms with Gasteiger partial charge < -0.3 is 20.9 Å². The molecule has 0 saturated heterocycles. The van der Waals surface area contributed by atoms with Crippen LogP contribution in [0.2, 0.25) is 0 Å². The van der Waals surface area contributed by atoms with Crippen molar-refractivity contribution in [2.24, 2.45) is 11.7 Å². The fourth-order valence-electron chi connectivity index (χ4n) is 2.25. The first-order valence-corrected chi connectivity index (χ1v) is 6.20. The highest BCUT2D eigenvalue weighted by atomic mass is 16.5. The quantitative estimate of drug-likeness (QED) is 0.636. The lowest BCUT2D eigenvalue weighted by Crippen LogP contribution is -2.57. The molecule has 5 nitrogen and oxygen atoms in total. The Balaban J connectivity index is 2.54. The average Bonchev–Trinajstić information content (AvgIpc) is 2.33. The molecule has 0 radical (unpaired) electrons. The zero-order valence-electron chi connectivity index (χ0n) is 10.7. The minimum atomic E-state index is -0.664. The standard InChI is InChI=1S/C12H24N2O3/c1-9-3-5-12(8-15,6-4-9)14-11(16)10(13)7-17-2/h9-10,15H,3-8,13H2,1-2H3,(H,14,16). The van der Waals surface area contributed by atoms with Crippen LogP contribution in [0.5, 0.6) is 0 Å². The van der Waals surface area contributed by atoms with E-state index in [4.69, 9.17) is 10.5 Å². The van der Waals surface area contributed by atoms with E-state index >= 15 is 0 Å². The molecule has 0 bridgehead atoms. The molecule has 1 amide bonds. The summed E-state index contributed by atoms with van der Waals surface area (Å²) in [6, 6.07) is -0.664. The van der Waals surface area contributed by atoms with Crippen LogP contribution in [-0.4, -0.2) is 42.9 Å². The Morgan fingerprint density at radius 3 is 2.65 bits per heavy atom. The number of methoxy groups -OCH3 is 1. The minimum absolute atomic E-state index is 0.0227. The smallest absolute Gasteiger partial charge is 0.239 e. The Hall–Kier alpha value is -0.650. The first-order valence-electron chi connectivity index (χ1n) is 6.20. The van der Waals surface area contributed by atoms with E-state index in [0.29, 0.717) is 5.92 Å². The fourth-order valence-corrected chi connectivity index (χ4v) is 2.25. The zero-order chi connectivity index (χ0) is 12.9. The van der Waals surface area contributed by atoms with E-state index in [1.54, 1.807) is 0 Å². The highest BCUT2D eigenvalue weighted by molar-refractivity contribution is 5.82. The number of ether oxygens (including phenoxy) is 1. The summed E-state index contributed by atoms with van der Waals surface area (Å²) < 4.78 is 4.85. The van der Waals surface area contributed by atoms with Crippen molar-refractivity contribution < 1.29 is 14.6 Å². The molecule has 0 heterocycles. The summed E-state index contributed by atoms with van der Waals surface area (Å²) >= 11 is 0. The Kier molecular flexibility index (Phi) is 5.36. The van der Waals surface area contributed by atoms with E-state index in [1.165, 1.54) is 7.11 Å². The molecule has 1 saturated carbocycles. The Morgan fingerprint density at radius 1 is 1.59 bits per heavy atom. The highest BCUT2D eigenvalue weighted by Gasteiger charge is 2.35. The molecule has 4 N–H and O–H groups in total. The van der Waals surface area contributed by atoms with Crippen LogP contribution < -0.4 is 11.1 Å². The summed E-state index contributed by atoms with van der Waals surface area (Å²) in [5.41, 5.74) is 5.19. The maximum Gasteiger partial charge on any atom is 0.239 e. The molecule has 0 aromatic heterocycles. The lowest BCUT2D eigenvalue weighted by atomic mass is 9.77. The molecule has 1 aliphatic carbocycles. The fraction of sp³-hybridized carbons (Fsp3) is 0.917. The minimum Gasteiger partial charge on any atom is -0.394 e. The summed E-state index contributed by atoms with van der Waals surface area (Å²) in [5.74, 6) is 0.426. The maximum absolute atomic E-state index is 11.8. The predicted octanol–water partition coefficient (Wildman–Crippen LogP) is 0.0175. The van der Waals surface area contributed by atoms with Gasteiger partial charge in [0.1, 0.15) is 6.04 Å². The summed E-state index contributed by atoms with van der Waals surface area (Å²) in [6.07, 6.45) is 3.69. The van der Waals surface area contributed by atoms with Crippen LogP contribution in [0.1, 0.15) is 32.6 Å². The van der Waals surface area contributed by atoms with Gasteiger partial charge in [0.2, 0.25) is 5.91 Å². The second-order valence-corrected chi connectivity index (χ2v) is 5.17. The summed E-state index contributed by atoms with van der Waals surface area (Å²) in [7, 11) is 1.51. The second kappa shape index (κ2) is 6.33. The van der Waals surface area contributed by atoms with Crippen molar-refractivity contribution in [3.8, 4) is 0 Å². The van der Waals surface area contributed by atoms with Gasteiger partial charge in [0.15, 0.2) is 0 Å². The van der Waals surface area contributed by atoms with Crippen molar-refractivity contribution in [2.75, 3.05) is 20.3 Å². The number of rotatable bonds is 5. The molecule has 5 heteroatoms. The van der Waals surface area contributed by atoms with Gasteiger partial charge >= 0.3 is 0 Å². The SMILES string of the molecule is COCC(N)C(=O)NC1(CO)CCC(C)CC1. The van der Waals surface area contributed by atoms with Crippen molar-refractivity contribution in [2.45, 2.75) is 44.2 Å². The molecule has 0 aliphatic heterocycles. The first-order chi connectivity index (χ1) is 8.03. The van der Waals surface area contributed by atoms with Crippen molar-refractivity contribution in [1.82, 2.24) is 5.32 Å². The van der Waals surface area contributed by atoms with Crippen LogP contribution in [0.25, 0.3) is 0 Å². The number of carbonyl (C=O) groups excluding carboxylic acids is 1. The number of aliphatic hydroxyl groups is 1. The van der Waals surface area contributed by atoms with Crippen LogP contribution in [0.15, 0.2) is 0 Å². The molecule has 1 aliphatic rings. The van der Waals surface area contributed by atoms with Gasteiger partial charge in [-0.05, 0) is 31.6 Å². The highest BCUT2D eigenvalue weighted by Crippen LogP contribution is 2.31. The molecule has 1 unspecified atom stereocenters. The van der Waals surface area contributed by atoms with E-state index < -0.39 is 11.6 Å². The number of carbonyl (C=O) groups is 1. The molecule has 1 atom stereocenters. The Labute approximate surface area is 103 Å². The van der Waals surface area contributed by atoms with Crippen molar-refractivity contribution in [1.29, 1.82) is 0 Å². The maximum atomic E-state index is 11.8. The van der Waals surface area contributed by atoms with Crippen LogP contribution in [0.3, 0.4) is 0 Å². The van der Waals surface area contributed by atoms with Gasteiger partial charge in [-0.1, -0.05) is 6.92 Å². The molecule has 1 fully saturated rings. The van der Waals surface area contributed by atoms with Crippen molar-refractivity contribution >= 4 is 5.91 Å². The number of aliphatic hydroxyl groups excluding tert-OH is 1. The number of hydrogen-bond donors (Lipinski definition) is 3. The van der Waals surface area contributed by atoms with E-state index in [1.807, 2.05) is 0 Å². The Morgan fingerprint density at radius 2 is 2.18 bits per heavy atom. The summed E-state index contributed by atoms with van der Waals surface area (Å²) in [6.45, 7) is 2.37. The van der Waals surface area contributed by atoms with Crippen LogP contribution >= 0.6 is 0 Å². The zero-order valence-corrected chi connectivity index (χ0v) is 10.7. The number of nitrogens with one attached hydrogen (secondary N) is 1. The largest absolute Gasteiger partial charge is 0.394 e. The Bertz CT molecular complexity index is 250. The third-order valence-corrected chi connectivity index (χ3v) is 3.61. The molecule has 0 spiro atoms. The lowest BCUT2D eigenvalue weighted by molar-refractivity contribution is -0.126. The van der Waals surface area contributed by atoms with E-state index in [2.05, 4.69) is 12.2 Å². The first kappa shape index (κ1) is 14.4. The molecular formula is C12H24N2O3. The van der Waals surface area contributed by atoms with E-state index in [9.17, 15) is 9.90 Å². The molecule has 1 rings (SSSR count). The van der Waals surface area contributed by atoms with Crippen LogP contribution in [0, 0.1) is 5.92 Å². The normalized spacial score (nSPS) is 30.9. The summed E-state index contributed by atoms with van der Waals surface area (Å²) in [4.78, 5) is 11.8. The lowest BCUT2D eigenvalue weighted by Gasteiger charge is -2.39. The van der Waals surface area contributed by atoms with Gasteiger partial charge in [0.25, 0.3) is 0 Å². The number of nitrogens with two attached hydrogens (primary N) is 1. The van der Waals surface area contributed by atoms with Crippen LogP contribution in [-0.2, 0) is 9.53 Å². The van der Waals surface area contributed by atoms with Gasteiger partial charge in [0.05, 0.1) is 18.8 Å². The monoisotopic (exact) mass is 244 g/mol. The third kappa shape index (κ3) is 3.94.